The molecule has 1 aromatic rings. The van der Waals surface area contributed by atoms with E-state index in [1.165, 1.54) is 0 Å². The van der Waals surface area contributed by atoms with Gasteiger partial charge in [-0.15, -0.1) is 0 Å². The molecule has 1 fully saturated rings. The van der Waals surface area contributed by atoms with Crippen LogP contribution in [0.4, 0.5) is 0 Å². The smallest absolute Gasteiger partial charge is 0.146 e. The van der Waals surface area contributed by atoms with Crippen LogP contribution >= 0.6 is 0 Å². The van der Waals surface area contributed by atoms with Gasteiger partial charge in [-0.05, 0) is 25.0 Å². The lowest BCUT2D eigenvalue weighted by atomic mass is 10.3. The second kappa shape index (κ2) is 3.56. The molecule has 0 bridgehead atoms. The van der Waals surface area contributed by atoms with E-state index in [1.54, 1.807) is 19.5 Å². The van der Waals surface area contributed by atoms with Crippen molar-refractivity contribution in [1.82, 2.24) is 4.98 Å². The van der Waals surface area contributed by atoms with E-state index in [-0.39, 0.29) is 0 Å². The average molecular weight is 176 g/mol. The largest absolute Gasteiger partial charge is 0.488 e. The quantitative estimate of drug-likeness (QED) is 0.656. The molecule has 0 amide bonds. The lowest BCUT2D eigenvalue weighted by Gasteiger charge is -2.05. The highest BCUT2D eigenvalue weighted by molar-refractivity contribution is 5.80. The van der Waals surface area contributed by atoms with E-state index in [2.05, 4.69) is 9.98 Å². The van der Waals surface area contributed by atoms with Gasteiger partial charge in [0.2, 0.25) is 0 Å². The molecule has 1 aliphatic rings. The number of hydrogen-bond acceptors (Lipinski definition) is 3. The van der Waals surface area contributed by atoms with E-state index < -0.39 is 0 Å². The fourth-order valence-electron chi connectivity index (χ4n) is 1.09. The third kappa shape index (κ3) is 2.05. The van der Waals surface area contributed by atoms with Crippen LogP contribution in [0, 0.1) is 0 Å². The summed E-state index contributed by atoms with van der Waals surface area (Å²) >= 11 is 0. The summed E-state index contributed by atoms with van der Waals surface area (Å²) in [4.78, 5) is 8.10. The van der Waals surface area contributed by atoms with Crippen molar-refractivity contribution in [2.45, 2.75) is 18.9 Å². The predicted octanol–water partition coefficient (Wildman–Crippen LogP) is 1.67. The summed E-state index contributed by atoms with van der Waals surface area (Å²) in [5.41, 5.74) is 0.817. The Labute approximate surface area is 77.5 Å². The van der Waals surface area contributed by atoms with E-state index in [4.69, 9.17) is 4.74 Å². The van der Waals surface area contributed by atoms with Crippen LogP contribution in [-0.2, 0) is 0 Å². The average Bonchev–Trinajstić information content (AvgIpc) is 2.93. The lowest BCUT2D eigenvalue weighted by molar-refractivity contribution is 0.301. The molecule has 1 heterocycles. The molecule has 3 nitrogen and oxygen atoms in total. The van der Waals surface area contributed by atoms with Gasteiger partial charge in [0.1, 0.15) is 11.4 Å². The molecule has 0 aromatic carbocycles. The molecule has 1 aromatic heterocycles. The number of pyridine rings is 1. The summed E-state index contributed by atoms with van der Waals surface area (Å²) in [5.74, 6) is 0.843. The maximum absolute atomic E-state index is 5.66. The summed E-state index contributed by atoms with van der Waals surface area (Å²) in [6.07, 6.45) is 6.21. The van der Waals surface area contributed by atoms with E-state index in [9.17, 15) is 0 Å². The number of ether oxygens (including phenoxy) is 1. The van der Waals surface area contributed by atoms with E-state index in [0.717, 1.165) is 24.3 Å². The summed E-state index contributed by atoms with van der Waals surface area (Å²) in [7, 11) is 1.73. The summed E-state index contributed by atoms with van der Waals surface area (Å²) in [6.45, 7) is 0. The first-order chi connectivity index (χ1) is 6.40. The standard InChI is InChI=1S/C10H12N2O/c1-11-7-9-10(3-2-6-12-9)13-8-4-5-8/h2-3,6-8H,4-5H2,1H3/b11-7+. The Morgan fingerprint density at radius 1 is 1.62 bits per heavy atom. The zero-order valence-corrected chi connectivity index (χ0v) is 7.60. The first kappa shape index (κ1) is 8.23. The van der Waals surface area contributed by atoms with Crippen LogP contribution in [0.5, 0.6) is 5.75 Å². The fourth-order valence-corrected chi connectivity index (χ4v) is 1.09. The molecular weight excluding hydrogens is 164 g/mol. The molecule has 2 rings (SSSR count). The van der Waals surface area contributed by atoms with Gasteiger partial charge >= 0.3 is 0 Å². The third-order valence-electron chi connectivity index (χ3n) is 1.87. The zero-order valence-electron chi connectivity index (χ0n) is 7.60. The Kier molecular flexibility index (Phi) is 2.25. The van der Waals surface area contributed by atoms with Gasteiger partial charge in [-0.3, -0.25) is 9.98 Å². The zero-order chi connectivity index (χ0) is 9.10. The Hall–Kier alpha value is -1.38. The maximum Gasteiger partial charge on any atom is 0.146 e. The van der Waals surface area contributed by atoms with E-state index in [0.29, 0.717) is 6.10 Å². The van der Waals surface area contributed by atoms with Crippen molar-refractivity contribution in [3.8, 4) is 5.75 Å². The molecule has 0 aliphatic heterocycles. The van der Waals surface area contributed by atoms with Gasteiger partial charge in [-0.25, -0.2) is 0 Å². The van der Waals surface area contributed by atoms with Crippen molar-refractivity contribution in [3.05, 3.63) is 24.0 Å². The normalized spacial score (nSPS) is 16.4. The molecular formula is C10H12N2O. The van der Waals surface area contributed by atoms with Crippen molar-refractivity contribution in [1.29, 1.82) is 0 Å². The summed E-state index contributed by atoms with van der Waals surface area (Å²) in [6, 6.07) is 3.81. The van der Waals surface area contributed by atoms with E-state index in [1.807, 2.05) is 12.1 Å². The Morgan fingerprint density at radius 3 is 3.15 bits per heavy atom. The Morgan fingerprint density at radius 2 is 2.46 bits per heavy atom. The van der Waals surface area contributed by atoms with Crippen molar-refractivity contribution in [3.63, 3.8) is 0 Å². The molecule has 1 aliphatic carbocycles. The van der Waals surface area contributed by atoms with Gasteiger partial charge < -0.3 is 4.74 Å². The third-order valence-corrected chi connectivity index (χ3v) is 1.87. The molecule has 3 heteroatoms. The minimum atomic E-state index is 0.410. The van der Waals surface area contributed by atoms with Crippen molar-refractivity contribution < 1.29 is 4.74 Å². The predicted molar refractivity (Wildman–Crippen MR) is 51.4 cm³/mol. The second-order valence-electron chi connectivity index (χ2n) is 3.09. The number of aliphatic imine (C=N–C) groups is 1. The number of nitrogens with zero attached hydrogens (tertiary/aromatic N) is 2. The molecule has 13 heavy (non-hydrogen) atoms. The minimum absolute atomic E-state index is 0.410. The molecule has 0 radical (unpaired) electrons. The number of hydrogen-bond donors (Lipinski definition) is 0. The molecule has 0 saturated heterocycles. The highest BCUT2D eigenvalue weighted by Crippen LogP contribution is 2.27. The molecule has 0 N–H and O–H groups in total. The van der Waals surface area contributed by atoms with Crippen molar-refractivity contribution in [2.24, 2.45) is 4.99 Å². The van der Waals surface area contributed by atoms with Crippen molar-refractivity contribution >= 4 is 6.21 Å². The maximum atomic E-state index is 5.66. The molecule has 68 valence electrons. The van der Waals surface area contributed by atoms with Crippen LogP contribution < -0.4 is 4.74 Å². The number of aromatic nitrogens is 1. The van der Waals surface area contributed by atoms with Crippen molar-refractivity contribution in [2.75, 3.05) is 7.05 Å². The molecule has 0 atom stereocenters. The monoisotopic (exact) mass is 176 g/mol. The molecule has 0 spiro atoms. The van der Waals surface area contributed by atoms with Gasteiger partial charge in [0.25, 0.3) is 0 Å². The summed E-state index contributed by atoms with van der Waals surface area (Å²) < 4.78 is 5.66. The van der Waals surface area contributed by atoms with Crippen LogP contribution in [0.15, 0.2) is 23.3 Å². The van der Waals surface area contributed by atoms with Crippen LogP contribution in [0.3, 0.4) is 0 Å². The highest BCUT2D eigenvalue weighted by atomic mass is 16.5. The topological polar surface area (TPSA) is 34.5 Å². The van der Waals surface area contributed by atoms with Gasteiger partial charge in [0, 0.05) is 13.2 Å². The Balaban J connectivity index is 2.19. The molecule has 1 saturated carbocycles. The van der Waals surface area contributed by atoms with Gasteiger partial charge in [-0.2, -0.15) is 0 Å². The summed E-state index contributed by atoms with van der Waals surface area (Å²) in [5, 5.41) is 0. The first-order valence-electron chi connectivity index (χ1n) is 4.44. The van der Waals surface area contributed by atoms with Gasteiger partial charge in [0.05, 0.1) is 12.3 Å². The van der Waals surface area contributed by atoms with Crippen LogP contribution in [-0.4, -0.2) is 24.4 Å². The Bertz CT molecular complexity index is 318. The fraction of sp³-hybridized carbons (Fsp3) is 0.400. The highest BCUT2D eigenvalue weighted by Gasteiger charge is 2.24. The van der Waals surface area contributed by atoms with Crippen LogP contribution in [0.2, 0.25) is 0 Å². The lowest BCUT2D eigenvalue weighted by Crippen LogP contribution is -2.00. The van der Waals surface area contributed by atoms with Gasteiger partial charge in [-0.1, -0.05) is 0 Å². The van der Waals surface area contributed by atoms with Gasteiger partial charge in [0.15, 0.2) is 0 Å². The minimum Gasteiger partial charge on any atom is -0.488 e. The van der Waals surface area contributed by atoms with E-state index >= 15 is 0 Å². The SMILES string of the molecule is C/N=C/c1ncccc1OC1CC1. The van der Waals surface area contributed by atoms with Crippen LogP contribution in [0.25, 0.3) is 0 Å². The number of rotatable bonds is 3. The second-order valence-corrected chi connectivity index (χ2v) is 3.09. The van der Waals surface area contributed by atoms with Crippen LogP contribution in [0.1, 0.15) is 18.5 Å². The first-order valence-corrected chi connectivity index (χ1v) is 4.44. The molecule has 0 unspecified atom stereocenters.